The number of aliphatic carboxylic acids is 1. The van der Waals surface area contributed by atoms with E-state index in [9.17, 15) is 19.5 Å². The summed E-state index contributed by atoms with van der Waals surface area (Å²) in [7, 11) is 1.17. The fourth-order valence-electron chi connectivity index (χ4n) is 1.69. The van der Waals surface area contributed by atoms with Crippen molar-refractivity contribution in [2.24, 2.45) is 4.99 Å². The van der Waals surface area contributed by atoms with E-state index >= 15 is 0 Å². The van der Waals surface area contributed by atoms with Crippen LogP contribution in [0.1, 0.15) is 23.7 Å². The normalized spacial score (nSPS) is 11.8. The first kappa shape index (κ1) is 22.2. The maximum atomic E-state index is 12.2. The van der Waals surface area contributed by atoms with E-state index in [-0.39, 0.29) is 80.1 Å². The minimum Gasteiger partial charge on any atom is -0.862 e. The Morgan fingerprint density at radius 2 is 1.96 bits per heavy atom. The smallest absolute Gasteiger partial charge is 0.862 e. The number of anilines is 1. The molecule has 0 fully saturated rings. The van der Waals surface area contributed by atoms with Crippen LogP contribution in [0.15, 0.2) is 29.3 Å². The number of amides is 1. The van der Waals surface area contributed by atoms with Crippen molar-refractivity contribution in [3.05, 3.63) is 29.8 Å². The van der Waals surface area contributed by atoms with Crippen LogP contribution in [0, 0.1) is 0 Å². The molecule has 0 spiro atoms. The summed E-state index contributed by atoms with van der Waals surface area (Å²) in [5.74, 6) is -2.62. The number of aliphatic imine (C=N–C) groups is 1. The number of nitrogens with one attached hydrogen (secondary N) is 1. The van der Waals surface area contributed by atoms with Crippen LogP contribution in [0.25, 0.3) is 0 Å². The molecule has 0 saturated carbocycles. The molecule has 1 rings (SSSR count). The number of hydrogen-bond acceptors (Lipinski definition) is 6. The van der Waals surface area contributed by atoms with E-state index in [4.69, 9.17) is 5.11 Å². The Kier molecular flexibility index (Phi) is 10.4. The van der Waals surface area contributed by atoms with Gasteiger partial charge in [-0.25, -0.2) is 9.59 Å². The molecule has 0 heterocycles. The summed E-state index contributed by atoms with van der Waals surface area (Å²) in [6, 6.07) is 4.60. The van der Waals surface area contributed by atoms with Gasteiger partial charge in [-0.05, 0) is 25.0 Å². The molecule has 118 valence electrons. The average Bonchev–Trinajstić information content (AvgIpc) is 2.46. The number of methoxy groups -OCH3 is 1. The van der Waals surface area contributed by atoms with Gasteiger partial charge in [0.05, 0.1) is 12.8 Å². The van der Waals surface area contributed by atoms with E-state index in [1.807, 2.05) is 0 Å². The van der Waals surface area contributed by atoms with Gasteiger partial charge in [0, 0.05) is 12.0 Å². The zero-order valence-electron chi connectivity index (χ0n) is 13.0. The monoisotopic (exact) mass is 440 g/mol. The number of para-hydroxylation sites is 1. The summed E-state index contributed by atoms with van der Waals surface area (Å²) >= 11 is 0. The molecule has 2 N–H and O–H groups in total. The number of carboxylic acids is 1. The molecule has 1 aromatic rings. The summed E-state index contributed by atoms with van der Waals surface area (Å²) in [5, 5.41) is 22.3. The van der Waals surface area contributed by atoms with Crippen LogP contribution in [-0.2, 0) is 9.53 Å². The third-order valence-electron chi connectivity index (χ3n) is 2.65. The second kappa shape index (κ2) is 10.8. The van der Waals surface area contributed by atoms with Crippen molar-refractivity contribution in [3.63, 3.8) is 0 Å². The molecule has 1 aromatic carbocycles. The van der Waals surface area contributed by atoms with Crippen molar-refractivity contribution in [3.8, 4) is 0 Å². The topological polar surface area (TPSA) is 128 Å². The first-order valence-electron chi connectivity index (χ1n) is 6.26. The minimum atomic E-state index is -1.46. The average molecular weight is 440 g/mol. The number of carbonyl (C=O) groups is 3. The van der Waals surface area contributed by atoms with E-state index in [1.54, 1.807) is 12.1 Å². The largest absolute Gasteiger partial charge is 1.00 e. The van der Waals surface area contributed by atoms with Crippen molar-refractivity contribution >= 4 is 29.4 Å². The fourth-order valence-corrected chi connectivity index (χ4v) is 1.69. The molecule has 0 aliphatic carbocycles. The Morgan fingerprint density at radius 3 is 2.48 bits per heavy atom. The van der Waals surface area contributed by atoms with Crippen molar-refractivity contribution in [1.29, 1.82) is 0 Å². The van der Waals surface area contributed by atoms with Gasteiger partial charge in [-0.2, -0.15) is 0 Å². The van der Waals surface area contributed by atoms with Gasteiger partial charge in [-0.3, -0.25) is 15.1 Å². The maximum absolute atomic E-state index is 12.2. The molecule has 23 heavy (non-hydrogen) atoms. The van der Waals surface area contributed by atoms with Gasteiger partial charge in [0.25, 0.3) is 0 Å². The number of ether oxygens (including phenoxy) is 1. The molecule has 1 amide bonds. The minimum absolute atomic E-state index is 0. The molecular weight excluding hydrogens is 425 g/mol. The van der Waals surface area contributed by atoms with Gasteiger partial charge in [0.2, 0.25) is 0 Å². The second-order valence-corrected chi connectivity index (χ2v) is 4.29. The molecule has 1 atom stereocenters. The van der Waals surface area contributed by atoms with Gasteiger partial charge < -0.3 is 14.9 Å². The number of carbonyl (C=O) groups excluding carboxylic acids is 2. The number of ketones is 1. The number of carboxylic acid groups (broad SMARTS) is 1. The van der Waals surface area contributed by atoms with Gasteiger partial charge in [0.15, 0.2) is 11.8 Å². The quantitative estimate of drug-likeness (QED) is 0.290. The van der Waals surface area contributed by atoms with Crippen LogP contribution in [0.3, 0.4) is 0 Å². The Morgan fingerprint density at radius 1 is 1.35 bits per heavy atom. The molecule has 8 nitrogen and oxygen atoms in total. The predicted octanol–water partition coefficient (Wildman–Crippen LogP) is -2.33. The van der Waals surface area contributed by atoms with Crippen molar-refractivity contribution in [2.45, 2.75) is 19.4 Å². The fraction of sp³-hybridized carbons (Fsp3) is 0.286. The number of Topliss-reactive ketones (excluding diaryl/α,β-unsaturated/α-hetero) is 1. The van der Waals surface area contributed by atoms with Gasteiger partial charge in [-0.1, -0.05) is 12.1 Å². The summed E-state index contributed by atoms with van der Waals surface area (Å²) in [6.07, 6.45) is -1.25. The summed E-state index contributed by atoms with van der Waals surface area (Å²) < 4.78 is 4.44. The van der Waals surface area contributed by atoms with E-state index in [0.29, 0.717) is 0 Å². The SMILES string of the molecule is COC(=O)Nc1ccccc1C(=O)C[C@H](N=C(C)[O-])C(=O)O.[Cs+]. The number of hydrogen-bond donors (Lipinski definition) is 2. The number of nitrogens with zero attached hydrogens (tertiary/aromatic N) is 1. The van der Waals surface area contributed by atoms with Crippen LogP contribution < -0.4 is 79.3 Å². The molecule has 0 saturated heterocycles. The third kappa shape index (κ3) is 7.51. The molecule has 0 aromatic heterocycles. The third-order valence-corrected chi connectivity index (χ3v) is 2.65. The molecule has 0 bridgehead atoms. The van der Waals surface area contributed by atoms with Gasteiger partial charge >= 0.3 is 81.0 Å². The molecule has 0 aliphatic heterocycles. The van der Waals surface area contributed by atoms with Crippen molar-refractivity contribution in [2.75, 3.05) is 12.4 Å². The summed E-state index contributed by atoms with van der Waals surface area (Å²) in [4.78, 5) is 37.8. The van der Waals surface area contributed by atoms with Crippen LogP contribution >= 0.6 is 0 Å². The van der Waals surface area contributed by atoms with Crippen molar-refractivity contribution in [1.82, 2.24) is 0 Å². The zero-order chi connectivity index (χ0) is 16.7. The first-order chi connectivity index (χ1) is 10.3. The Hall–Kier alpha value is -0.848. The zero-order valence-corrected chi connectivity index (χ0v) is 19.3. The van der Waals surface area contributed by atoms with Crippen LogP contribution in [0.2, 0.25) is 0 Å². The number of rotatable bonds is 6. The van der Waals surface area contributed by atoms with E-state index in [2.05, 4.69) is 15.0 Å². The Balaban J connectivity index is 0.00000484. The molecule has 0 radical (unpaired) electrons. The maximum Gasteiger partial charge on any atom is 1.00 e. The summed E-state index contributed by atoms with van der Waals surface area (Å²) in [6.45, 7) is 1.10. The van der Waals surface area contributed by atoms with E-state index in [1.165, 1.54) is 19.2 Å². The molecular formula is C14H15CsN2O6. The molecule has 9 heteroatoms. The number of benzene rings is 1. The molecule has 0 aliphatic rings. The van der Waals surface area contributed by atoms with Gasteiger partial charge in [-0.15, -0.1) is 0 Å². The van der Waals surface area contributed by atoms with Crippen LogP contribution in [0.5, 0.6) is 0 Å². The van der Waals surface area contributed by atoms with Crippen LogP contribution in [-0.4, -0.2) is 42.0 Å². The molecule has 0 unspecified atom stereocenters. The predicted molar refractivity (Wildman–Crippen MR) is 76.0 cm³/mol. The van der Waals surface area contributed by atoms with E-state index < -0.39 is 36.2 Å². The standard InChI is InChI=1S/C14H16N2O6.Cs/c1-8(17)15-11(13(19)20)7-12(18)9-5-3-4-6-10(9)16-14(21)22-2;/h3-6,11H,7H2,1-2H3,(H,15,17)(H,16,21)(H,19,20);/q;+1/p-1/t11-;/m0./s1. The van der Waals surface area contributed by atoms with Crippen molar-refractivity contribution < 1.29 is 98.2 Å². The summed E-state index contributed by atoms with van der Waals surface area (Å²) in [5.41, 5.74) is 0.296. The Bertz CT molecular complexity index is 613. The Labute approximate surface area is 191 Å². The van der Waals surface area contributed by atoms with E-state index in [0.717, 1.165) is 6.92 Å². The first-order valence-corrected chi connectivity index (χ1v) is 6.26. The second-order valence-electron chi connectivity index (χ2n) is 4.29. The van der Waals surface area contributed by atoms with Crippen LogP contribution in [0.4, 0.5) is 10.5 Å². The van der Waals surface area contributed by atoms with Gasteiger partial charge in [0.1, 0.15) is 0 Å².